The molecule has 0 saturated carbocycles. The molecule has 0 aliphatic rings. The van der Waals surface area contributed by atoms with Gasteiger partial charge in [-0.3, -0.25) is 4.98 Å². The van der Waals surface area contributed by atoms with Gasteiger partial charge in [0.1, 0.15) is 17.3 Å². The van der Waals surface area contributed by atoms with Crippen molar-refractivity contribution < 1.29 is 27.0 Å². The Kier molecular flexibility index (Phi) is 9.21. The first-order chi connectivity index (χ1) is 18.3. The number of nitrogens with zero attached hydrogens (tertiary/aromatic N) is 1. The summed E-state index contributed by atoms with van der Waals surface area (Å²) in [7, 11) is 0. The molecule has 4 aromatic rings. The summed E-state index contributed by atoms with van der Waals surface area (Å²) in [5, 5.41) is 1.43. The average molecular weight is 526 g/mol. The largest absolute Gasteiger partial charge is 0.492 e. The second-order valence-corrected chi connectivity index (χ2v) is 9.33. The minimum Gasteiger partial charge on any atom is -0.492 e. The highest BCUT2D eigenvalue weighted by Crippen LogP contribution is 2.25. The van der Waals surface area contributed by atoms with E-state index in [-0.39, 0.29) is 11.6 Å². The molecule has 4 rings (SSSR count). The third kappa shape index (κ3) is 7.94. The van der Waals surface area contributed by atoms with Crippen molar-refractivity contribution >= 4 is 10.8 Å². The summed E-state index contributed by atoms with van der Waals surface area (Å²) in [6.07, 6.45) is 2.12. The molecule has 0 aliphatic heterocycles. The van der Waals surface area contributed by atoms with E-state index in [0.717, 1.165) is 53.6 Å². The lowest BCUT2D eigenvalue weighted by Crippen LogP contribution is -2.19. The molecule has 0 N–H and O–H groups in total. The maximum Gasteiger partial charge on any atom is 0.422 e. The lowest BCUT2D eigenvalue weighted by molar-refractivity contribution is -0.153. The van der Waals surface area contributed by atoms with Gasteiger partial charge in [-0.2, -0.15) is 13.2 Å². The zero-order valence-corrected chi connectivity index (χ0v) is 21.4. The topological polar surface area (TPSA) is 31.4 Å². The molecular formula is C31H31F4NO2. The standard InChI is InChI=1S/C31H31F4NO2/c1-2-3-18-37-28-16-13-26(36-20-28)12-5-23-8-17-29-25(19-23)11-10-24(30(29)32)9-4-22-6-14-27(15-7-22)38-21-31(33,34)35/h6-8,10-11,13-17,19-20H,2-5,9,12,18,21H2,1H3. The summed E-state index contributed by atoms with van der Waals surface area (Å²) in [6.45, 7) is 1.50. The Labute approximate surface area is 220 Å². The van der Waals surface area contributed by atoms with Gasteiger partial charge in [0.2, 0.25) is 0 Å². The lowest BCUT2D eigenvalue weighted by atomic mass is 9.98. The molecule has 7 heteroatoms. The minimum atomic E-state index is -4.38. The Hall–Kier alpha value is -3.61. The van der Waals surface area contributed by atoms with E-state index >= 15 is 4.39 Å². The van der Waals surface area contributed by atoms with Gasteiger partial charge in [-0.1, -0.05) is 55.8 Å². The number of pyridine rings is 1. The number of aromatic nitrogens is 1. The normalized spacial score (nSPS) is 11.6. The van der Waals surface area contributed by atoms with Gasteiger partial charge < -0.3 is 9.47 Å². The number of hydrogen-bond acceptors (Lipinski definition) is 3. The minimum absolute atomic E-state index is 0.156. The average Bonchev–Trinajstić information content (AvgIpc) is 2.91. The van der Waals surface area contributed by atoms with Crippen LogP contribution in [0, 0.1) is 5.82 Å². The number of rotatable bonds is 12. The van der Waals surface area contributed by atoms with Crippen molar-refractivity contribution in [3.05, 3.63) is 101 Å². The Morgan fingerprint density at radius 3 is 2.21 bits per heavy atom. The van der Waals surface area contributed by atoms with Crippen LogP contribution in [-0.2, 0) is 25.7 Å². The van der Waals surface area contributed by atoms with Crippen LogP contribution in [0.1, 0.15) is 42.1 Å². The van der Waals surface area contributed by atoms with Gasteiger partial charge in [0.05, 0.1) is 12.8 Å². The molecule has 1 heterocycles. The molecule has 0 atom stereocenters. The predicted molar refractivity (Wildman–Crippen MR) is 141 cm³/mol. The molecule has 38 heavy (non-hydrogen) atoms. The van der Waals surface area contributed by atoms with Crippen molar-refractivity contribution in [2.75, 3.05) is 13.2 Å². The van der Waals surface area contributed by atoms with Gasteiger partial charge in [0, 0.05) is 11.1 Å². The zero-order valence-electron chi connectivity index (χ0n) is 21.4. The van der Waals surface area contributed by atoms with Crippen LogP contribution in [0.2, 0.25) is 0 Å². The molecule has 0 unspecified atom stereocenters. The third-order valence-electron chi connectivity index (χ3n) is 6.34. The summed E-state index contributed by atoms with van der Waals surface area (Å²) >= 11 is 0. The number of hydrogen-bond donors (Lipinski definition) is 0. The van der Waals surface area contributed by atoms with Gasteiger partial charge in [-0.05, 0) is 78.4 Å². The van der Waals surface area contributed by atoms with Crippen molar-refractivity contribution in [1.82, 2.24) is 4.98 Å². The summed E-state index contributed by atoms with van der Waals surface area (Å²) < 4.78 is 62.5. The highest BCUT2D eigenvalue weighted by atomic mass is 19.4. The van der Waals surface area contributed by atoms with E-state index in [2.05, 4.69) is 11.9 Å². The first-order valence-corrected chi connectivity index (χ1v) is 12.9. The summed E-state index contributed by atoms with van der Waals surface area (Å²) in [4.78, 5) is 4.49. The molecule has 3 aromatic carbocycles. The van der Waals surface area contributed by atoms with Gasteiger partial charge in [-0.25, -0.2) is 4.39 Å². The quantitative estimate of drug-likeness (QED) is 0.138. The maximum atomic E-state index is 15.2. The molecule has 1 aromatic heterocycles. The molecule has 0 fully saturated rings. The molecule has 0 aliphatic carbocycles. The van der Waals surface area contributed by atoms with Gasteiger partial charge >= 0.3 is 6.18 Å². The van der Waals surface area contributed by atoms with Crippen LogP contribution in [0.3, 0.4) is 0 Å². The van der Waals surface area contributed by atoms with Crippen LogP contribution in [0.4, 0.5) is 17.6 Å². The van der Waals surface area contributed by atoms with E-state index in [1.807, 2.05) is 36.4 Å². The highest BCUT2D eigenvalue weighted by Gasteiger charge is 2.28. The highest BCUT2D eigenvalue weighted by molar-refractivity contribution is 5.84. The maximum absolute atomic E-state index is 15.2. The Bertz CT molecular complexity index is 1320. The van der Waals surface area contributed by atoms with Crippen LogP contribution in [0.5, 0.6) is 11.5 Å². The van der Waals surface area contributed by atoms with E-state index in [4.69, 9.17) is 9.47 Å². The number of aryl methyl sites for hydroxylation is 4. The predicted octanol–water partition coefficient (Wildman–Crippen LogP) is 8.06. The molecule has 0 amide bonds. The van der Waals surface area contributed by atoms with Gasteiger partial charge in [-0.15, -0.1) is 0 Å². The van der Waals surface area contributed by atoms with Crippen LogP contribution in [0.25, 0.3) is 10.8 Å². The molecule has 0 saturated heterocycles. The Balaban J connectivity index is 1.33. The van der Waals surface area contributed by atoms with Crippen LogP contribution in [-0.4, -0.2) is 24.4 Å². The van der Waals surface area contributed by atoms with Crippen molar-refractivity contribution in [3.8, 4) is 11.5 Å². The smallest absolute Gasteiger partial charge is 0.422 e. The second kappa shape index (κ2) is 12.8. The van der Waals surface area contributed by atoms with Crippen molar-refractivity contribution in [1.29, 1.82) is 0 Å². The molecular weight excluding hydrogens is 494 g/mol. The van der Waals surface area contributed by atoms with Crippen LogP contribution in [0.15, 0.2) is 72.9 Å². The Morgan fingerprint density at radius 1 is 0.763 bits per heavy atom. The van der Waals surface area contributed by atoms with E-state index in [1.165, 1.54) is 12.1 Å². The summed E-state index contributed by atoms with van der Waals surface area (Å²) in [5.41, 5.74) is 3.60. The van der Waals surface area contributed by atoms with Crippen molar-refractivity contribution in [2.24, 2.45) is 0 Å². The van der Waals surface area contributed by atoms with Crippen molar-refractivity contribution in [2.45, 2.75) is 51.6 Å². The first-order valence-electron chi connectivity index (χ1n) is 12.9. The van der Waals surface area contributed by atoms with Gasteiger partial charge in [0.15, 0.2) is 6.61 Å². The zero-order chi connectivity index (χ0) is 27.0. The monoisotopic (exact) mass is 525 g/mol. The number of alkyl halides is 3. The second-order valence-electron chi connectivity index (χ2n) is 9.33. The lowest BCUT2D eigenvalue weighted by Gasteiger charge is -2.11. The summed E-state index contributed by atoms with van der Waals surface area (Å²) in [6, 6.07) is 19.9. The molecule has 3 nitrogen and oxygen atoms in total. The Morgan fingerprint density at radius 2 is 1.50 bits per heavy atom. The number of halogens is 4. The van der Waals surface area contributed by atoms with E-state index in [0.29, 0.717) is 30.4 Å². The molecule has 0 spiro atoms. The van der Waals surface area contributed by atoms with Gasteiger partial charge in [0.25, 0.3) is 0 Å². The number of ether oxygens (including phenoxy) is 2. The van der Waals surface area contributed by atoms with Crippen LogP contribution < -0.4 is 9.47 Å². The number of benzene rings is 3. The third-order valence-corrected chi connectivity index (χ3v) is 6.34. The fourth-order valence-corrected chi connectivity index (χ4v) is 4.18. The van der Waals surface area contributed by atoms with Crippen molar-refractivity contribution in [3.63, 3.8) is 0 Å². The van der Waals surface area contributed by atoms with Crippen LogP contribution >= 0.6 is 0 Å². The fourth-order valence-electron chi connectivity index (χ4n) is 4.18. The van der Waals surface area contributed by atoms with E-state index in [9.17, 15) is 13.2 Å². The molecule has 0 radical (unpaired) electrons. The number of unbranched alkanes of at least 4 members (excludes halogenated alkanes) is 1. The number of fused-ring (bicyclic) bond motifs is 1. The summed E-state index contributed by atoms with van der Waals surface area (Å²) in [5.74, 6) is 0.702. The molecule has 0 bridgehead atoms. The van der Waals surface area contributed by atoms with E-state index in [1.54, 1.807) is 24.4 Å². The van der Waals surface area contributed by atoms with E-state index < -0.39 is 12.8 Å². The fraction of sp³-hybridized carbons (Fsp3) is 0.323. The molecule has 200 valence electrons. The first kappa shape index (κ1) is 27.4. The SMILES string of the molecule is CCCCOc1ccc(CCc2ccc3c(F)c(CCc4ccc(OCC(F)(F)F)cc4)ccc3c2)nc1.